The fourth-order valence-electron chi connectivity index (χ4n) is 2.54. The van der Waals surface area contributed by atoms with Gasteiger partial charge in [-0.2, -0.15) is 18.4 Å². The van der Waals surface area contributed by atoms with E-state index in [1.165, 1.54) is 54.6 Å². The maximum Gasteiger partial charge on any atom is 0.416 e. The van der Waals surface area contributed by atoms with Gasteiger partial charge in [-0.1, -0.05) is 36.4 Å². The molecule has 3 aromatic rings. The summed E-state index contributed by atoms with van der Waals surface area (Å²) in [6.45, 7) is 0. The van der Waals surface area contributed by atoms with Crippen LogP contribution in [0.2, 0.25) is 0 Å². The van der Waals surface area contributed by atoms with E-state index in [0.717, 1.165) is 12.1 Å². The standard InChI is InChI=1S/C21H12F3NO3/c22-21(23,24)17-3-1-2-15(10-17)19-9-8-18(28-19)11-16(12-25)13-4-6-14(7-5-13)20(26)27/h1-11H,(H,26,27)/p-1/b16-11-. The summed E-state index contributed by atoms with van der Waals surface area (Å²) < 4.78 is 44.1. The van der Waals surface area contributed by atoms with Gasteiger partial charge in [0.15, 0.2) is 0 Å². The lowest BCUT2D eigenvalue weighted by molar-refractivity contribution is -0.255. The second-order valence-corrected chi connectivity index (χ2v) is 5.82. The van der Waals surface area contributed by atoms with Crippen LogP contribution in [0.25, 0.3) is 23.0 Å². The number of hydrogen-bond donors (Lipinski definition) is 0. The van der Waals surface area contributed by atoms with Crippen molar-refractivity contribution in [2.24, 2.45) is 0 Å². The molecule has 0 amide bonds. The quantitative estimate of drug-likeness (QED) is 0.627. The number of rotatable bonds is 4. The highest BCUT2D eigenvalue weighted by Crippen LogP contribution is 2.33. The first-order valence-electron chi connectivity index (χ1n) is 7.99. The highest BCUT2D eigenvalue weighted by Gasteiger charge is 2.30. The normalized spacial score (nSPS) is 11.9. The number of allylic oxidation sites excluding steroid dienone is 1. The van der Waals surface area contributed by atoms with Gasteiger partial charge in [-0.25, -0.2) is 0 Å². The van der Waals surface area contributed by atoms with E-state index < -0.39 is 17.7 Å². The Labute approximate surface area is 157 Å². The summed E-state index contributed by atoms with van der Waals surface area (Å²) in [6, 6.07) is 15.3. The molecule has 7 heteroatoms. The van der Waals surface area contributed by atoms with Gasteiger partial charge in [0.25, 0.3) is 0 Å². The van der Waals surface area contributed by atoms with Gasteiger partial charge in [0, 0.05) is 5.56 Å². The van der Waals surface area contributed by atoms with E-state index in [-0.39, 0.29) is 28.2 Å². The first kappa shape index (κ1) is 19.0. The molecule has 0 atom stereocenters. The van der Waals surface area contributed by atoms with Gasteiger partial charge >= 0.3 is 6.18 Å². The lowest BCUT2D eigenvalue weighted by Gasteiger charge is -2.07. The number of aromatic carboxylic acids is 1. The largest absolute Gasteiger partial charge is 0.545 e. The third-order valence-electron chi connectivity index (χ3n) is 3.94. The van der Waals surface area contributed by atoms with Crippen molar-refractivity contribution in [3.05, 3.63) is 83.1 Å². The zero-order valence-corrected chi connectivity index (χ0v) is 14.2. The fourth-order valence-corrected chi connectivity index (χ4v) is 2.54. The number of carbonyl (C=O) groups is 1. The molecule has 0 radical (unpaired) electrons. The predicted octanol–water partition coefficient (Wildman–Crippen LogP) is 4.39. The number of nitrogens with zero attached hydrogens (tertiary/aromatic N) is 1. The molecule has 3 rings (SSSR count). The van der Waals surface area contributed by atoms with Crippen molar-refractivity contribution in [1.82, 2.24) is 0 Å². The summed E-state index contributed by atoms with van der Waals surface area (Å²) in [5.41, 5.74) is 0.112. The average Bonchev–Trinajstić information content (AvgIpc) is 3.14. The lowest BCUT2D eigenvalue weighted by Crippen LogP contribution is -2.21. The van der Waals surface area contributed by atoms with Crippen molar-refractivity contribution in [1.29, 1.82) is 5.26 Å². The molecule has 0 saturated heterocycles. The smallest absolute Gasteiger partial charge is 0.416 e. The van der Waals surface area contributed by atoms with Crippen LogP contribution in [-0.4, -0.2) is 5.97 Å². The molecule has 0 N–H and O–H groups in total. The minimum absolute atomic E-state index is 0.0223. The summed E-state index contributed by atoms with van der Waals surface area (Å²) >= 11 is 0. The molecule has 4 nitrogen and oxygen atoms in total. The Kier molecular flexibility index (Phi) is 5.05. The van der Waals surface area contributed by atoms with Crippen LogP contribution in [0, 0.1) is 11.3 Å². The molecule has 0 saturated carbocycles. The summed E-state index contributed by atoms with van der Waals surface area (Å²) in [5.74, 6) is -0.833. The summed E-state index contributed by atoms with van der Waals surface area (Å²) in [6.07, 6.45) is -3.04. The minimum atomic E-state index is -4.46. The molecule has 0 bridgehead atoms. The third kappa shape index (κ3) is 4.13. The van der Waals surface area contributed by atoms with Crippen molar-refractivity contribution < 1.29 is 27.5 Å². The first-order chi connectivity index (χ1) is 13.3. The van der Waals surface area contributed by atoms with Crippen LogP contribution in [0.4, 0.5) is 13.2 Å². The topological polar surface area (TPSA) is 77.1 Å². The molecule has 0 spiro atoms. The summed E-state index contributed by atoms with van der Waals surface area (Å²) in [4.78, 5) is 10.8. The Hall–Kier alpha value is -3.79. The van der Waals surface area contributed by atoms with Gasteiger partial charge in [0.1, 0.15) is 11.5 Å². The van der Waals surface area contributed by atoms with E-state index in [4.69, 9.17) is 4.42 Å². The van der Waals surface area contributed by atoms with E-state index >= 15 is 0 Å². The molecular formula is C21H11F3NO3-. The molecule has 0 fully saturated rings. The van der Waals surface area contributed by atoms with E-state index in [0.29, 0.717) is 5.56 Å². The Morgan fingerprint density at radius 3 is 2.32 bits per heavy atom. The molecule has 0 aliphatic rings. The van der Waals surface area contributed by atoms with E-state index in [1.807, 2.05) is 6.07 Å². The lowest BCUT2D eigenvalue weighted by atomic mass is 10.0. The van der Waals surface area contributed by atoms with Gasteiger partial charge in [-0.05, 0) is 41.5 Å². The number of carbonyl (C=O) groups excluding carboxylic acids is 1. The highest BCUT2D eigenvalue weighted by atomic mass is 19.4. The Morgan fingerprint density at radius 2 is 1.71 bits per heavy atom. The van der Waals surface area contributed by atoms with E-state index in [1.54, 1.807) is 0 Å². The van der Waals surface area contributed by atoms with Crippen LogP contribution in [0.3, 0.4) is 0 Å². The van der Waals surface area contributed by atoms with E-state index in [2.05, 4.69) is 0 Å². The van der Waals surface area contributed by atoms with E-state index in [9.17, 15) is 28.3 Å². The predicted molar refractivity (Wildman–Crippen MR) is 93.4 cm³/mol. The third-order valence-corrected chi connectivity index (χ3v) is 3.94. The Balaban J connectivity index is 1.91. The van der Waals surface area contributed by atoms with Gasteiger partial charge in [0.2, 0.25) is 0 Å². The zero-order valence-electron chi connectivity index (χ0n) is 14.2. The van der Waals surface area contributed by atoms with Crippen molar-refractivity contribution in [3.8, 4) is 17.4 Å². The van der Waals surface area contributed by atoms with Crippen molar-refractivity contribution in [2.75, 3.05) is 0 Å². The number of carboxylic acids is 1. The van der Waals surface area contributed by atoms with Crippen LogP contribution in [-0.2, 0) is 6.18 Å². The number of alkyl halides is 3. The monoisotopic (exact) mass is 382 g/mol. The average molecular weight is 382 g/mol. The number of furan rings is 1. The molecule has 140 valence electrons. The zero-order chi connectivity index (χ0) is 20.3. The van der Waals surface area contributed by atoms with Crippen molar-refractivity contribution in [2.45, 2.75) is 6.18 Å². The van der Waals surface area contributed by atoms with Crippen LogP contribution >= 0.6 is 0 Å². The number of benzene rings is 2. The van der Waals surface area contributed by atoms with Crippen LogP contribution in [0.5, 0.6) is 0 Å². The molecule has 28 heavy (non-hydrogen) atoms. The Bertz CT molecular complexity index is 1090. The molecule has 0 unspecified atom stereocenters. The number of nitriles is 1. The maximum atomic E-state index is 12.9. The van der Waals surface area contributed by atoms with Crippen molar-refractivity contribution >= 4 is 17.6 Å². The molecular weight excluding hydrogens is 371 g/mol. The van der Waals surface area contributed by atoms with Gasteiger partial charge in [-0.3, -0.25) is 0 Å². The van der Waals surface area contributed by atoms with Crippen molar-refractivity contribution in [3.63, 3.8) is 0 Å². The summed E-state index contributed by atoms with van der Waals surface area (Å²) in [5, 5.41) is 20.1. The fraction of sp³-hybridized carbons (Fsp3) is 0.0476. The molecule has 0 aliphatic heterocycles. The number of carboxylic acid groups (broad SMARTS) is 1. The molecule has 1 heterocycles. The van der Waals surface area contributed by atoms with Crippen LogP contribution in [0.15, 0.2) is 65.1 Å². The molecule has 0 aliphatic carbocycles. The van der Waals surface area contributed by atoms with Gasteiger partial charge in [0.05, 0.1) is 23.2 Å². The number of hydrogen-bond acceptors (Lipinski definition) is 4. The second-order valence-electron chi connectivity index (χ2n) is 5.82. The number of halogens is 3. The van der Waals surface area contributed by atoms with Crippen LogP contribution < -0.4 is 5.11 Å². The SMILES string of the molecule is N#C/C(=C/c1ccc(-c2cccc(C(F)(F)F)c2)o1)c1ccc(C(=O)[O-])cc1. The van der Waals surface area contributed by atoms with Crippen LogP contribution in [0.1, 0.15) is 27.2 Å². The summed E-state index contributed by atoms with van der Waals surface area (Å²) in [7, 11) is 0. The first-order valence-corrected chi connectivity index (χ1v) is 7.99. The Morgan fingerprint density at radius 1 is 1.04 bits per heavy atom. The molecule has 2 aromatic carbocycles. The molecule has 1 aromatic heterocycles. The highest BCUT2D eigenvalue weighted by molar-refractivity contribution is 5.91. The second kappa shape index (κ2) is 7.45. The van der Waals surface area contributed by atoms with Gasteiger partial charge in [-0.15, -0.1) is 0 Å². The minimum Gasteiger partial charge on any atom is -0.545 e. The maximum absolute atomic E-state index is 12.9. The van der Waals surface area contributed by atoms with Gasteiger partial charge < -0.3 is 14.3 Å².